The van der Waals surface area contributed by atoms with E-state index in [1.807, 2.05) is 0 Å². The summed E-state index contributed by atoms with van der Waals surface area (Å²) >= 11 is 0. The van der Waals surface area contributed by atoms with Crippen LogP contribution in [0.2, 0.25) is 0 Å². The Hall–Kier alpha value is 0. The van der Waals surface area contributed by atoms with Gasteiger partial charge in [0.1, 0.15) is 0 Å². The number of unbranched alkanes of at least 4 members (excludes halogenated alkanes) is 14. The smallest absolute Gasteiger partial charge is 0.0380 e. The van der Waals surface area contributed by atoms with Gasteiger partial charge in [-0.05, 0) is 214 Å². The van der Waals surface area contributed by atoms with Crippen molar-refractivity contribution >= 4 is 0 Å². The molecule has 8 rings (SSSR count). The second-order valence-electron chi connectivity index (χ2n) is 32.5. The fraction of sp³-hybridized carbons (Fsp3) is 1.00. The molecule has 0 aromatic rings. The molecule has 8 aliphatic carbocycles. The van der Waals surface area contributed by atoms with Crippen molar-refractivity contribution in [2.24, 2.45) is 111 Å². The SMILES string of the molecule is CCC1CC1CC1CC1CC1CC1CCCCCCCC(C)(C)C.CCCCCC1CC1CC1CC1CC1CC1CCCCCC(C)(C)C.CCCCCC1CC1CC1CC1CCCCCCCC(C)(C)C. The Kier molecular flexibility index (Phi) is 25.8. The Morgan fingerprint density at radius 2 is 0.417 bits per heavy atom. The third kappa shape index (κ3) is 27.0. The molecule has 16 unspecified atom stereocenters. The highest BCUT2D eigenvalue weighted by Gasteiger charge is 2.50. The van der Waals surface area contributed by atoms with Crippen molar-refractivity contribution in [2.75, 3.05) is 0 Å². The van der Waals surface area contributed by atoms with Gasteiger partial charge in [0.2, 0.25) is 0 Å². The molecule has 8 saturated carbocycles. The van der Waals surface area contributed by atoms with Crippen LogP contribution in [0.25, 0.3) is 0 Å². The van der Waals surface area contributed by atoms with E-state index < -0.39 is 0 Å². The fourth-order valence-electron chi connectivity index (χ4n) is 15.3. The van der Waals surface area contributed by atoms with Crippen molar-refractivity contribution in [1.82, 2.24) is 0 Å². The van der Waals surface area contributed by atoms with Crippen molar-refractivity contribution in [3.05, 3.63) is 0 Å². The molecule has 422 valence electrons. The fourth-order valence-corrected chi connectivity index (χ4v) is 15.3. The van der Waals surface area contributed by atoms with Crippen LogP contribution in [-0.2, 0) is 0 Å². The maximum absolute atomic E-state index is 2.38. The second-order valence-corrected chi connectivity index (χ2v) is 32.5. The summed E-state index contributed by atoms with van der Waals surface area (Å²) in [6, 6.07) is 0. The van der Waals surface area contributed by atoms with Crippen LogP contribution < -0.4 is 0 Å². The first-order chi connectivity index (χ1) is 34.4. The molecular formula is C72H134. The second kappa shape index (κ2) is 30.4. The highest BCUT2D eigenvalue weighted by atomic mass is 14.6. The largest absolute Gasteiger partial charge is 0.0654 e. The summed E-state index contributed by atoms with van der Waals surface area (Å²) in [7, 11) is 0. The van der Waals surface area contributed by atoms with Crippen LogP contribution in [0.5, 0.6) is 0 Å². The lowest BCUT2D eigenvalue weighted by atomic mass is 9.89. The van der Waals surface area contributed by atoms with Gasteiger partial charge in [0.15, 0.2) is 0 Å². The highest BCUT2D eigenvalue weighted by Crippen LogP contribution is 2.60. The molecule has 8 fully saturated rings. The summed E-state index contributed by atoms with van der Waals surface area (Å²) < 4.78 is 0. The van der Waals surface area contributed by atoms with Gasteiger partial charge in [-0.1, -0.05) is 244 Å². The minimum Gasteiger partial charge on any atom is -0.0654 e. The summed E-state index contributed by atoms with van der Waals surface area (Å²) in [6.07, 6.45) is 62.2. The molecule has 16 atom stereocenters. The summed E-state index contributed by atoms with van der Waals surface area (Å²) in [5, 5.41) is 0. The monoisotopic (exact) mass is 999 g/mol. The van der Waals surface area contributed by atoms with E-state index in [1.54, 1.807) is 116 Å². The molecule has 0 heteroatoms. The molecule has 0 radical (unpaired) electrons. The average Bonchev–Trinajstić information content (AvgIpc) is 4.09. The zero-order valence-electron chi connectivity index (χ0n) is 51.7. The van der Waals surface area contributed by atoms with Gasteiger partial charge in [-0.25, -0.2) is 0 Å². The lowest BCUT2D eigenvalue weighted by Crippen LogP contribution is -2.03. The summed E-state index contributed by atoms with van der Waals surface area (Å²) in [6.45, 7) is 28.4. The highest BCUT2D eigenvalue weighted by molar-refractivity contribution is 5.00. The molecule has 0 spiro atoms. The van der Waals surface area contributed by atoms with Crippen molar-refractivity contribution in [2.45, 2.75) is 346 Å². The topological polar surface area (TPSA) is 0 Å². The van der Waals surface area contributed by atoms with Gasteiger partial charge in [0.25, 0.3) is 0 Å². The van der Waals surface area contributed by atoms with Crippen molar-refractivity contribution in [3.8, 4) is 0 Å². The third-order valence-electron chi connectivity index (χ3n) is 21.5. The van der Waals surface area contributed by atoms with Gasteiger partial charge in [-0.15, -0.1) is 0 Å². The molecule has 0 aliphatic heterocycles. The van der Waals surface area contributed by atoms with E-state index in [0.29, 0.717) is 16.2 Å². The average molecular weight is 1000 g/mol. The maximum atomic E-state index is 2.38. The van der Waals surface area contributed by atoms with E-state index in [1.165, 1.54) is 148 Å². The van der Waals surface area contributed by atoms with Gasteiger partial charge < -0.3 is 0 Å². The zero-order valence-corrected chi connectivity index (χ0v) is 51.7. The minimum atomic E-state index is 0.540. The molecule has 0 amide bonds. The number of rotatable bonds is 38. The predicted molar refractivity (Wildman–Crippen MR) is 321 cm³/mol. The van der Waals surface area contributed by atoms with Crippen LogP contribution in [0.1, 0.15) is 346 Å². The Balaban J connectivity index is 0.000000177. The molecule has 0 N–H and O–H groups in total. The van der Waals surface area contributed by atoms with Crippen molar-refractivity contribution in [3.63, 3.8) is 0 Å². The van der Waals surface area contributed by atoms with E-state index in [9.17, 15) is 0 Å². The van der Waals surface area contributed by atoms with E-state index >= 15 is 0 Å². The standard InChI is InChI=1S/C25H46.C24H44.C23H44/c1-5-6-8-11-19-14-21(19)16-23-18-24(23)17-22-15-20(22)12-9-7-10-13-25(2,3)4;1-5-18-13-20(18)15-22-17-23(22)16-21-14-19(21)11-9-7-6-8-10-12-24(2,3)4;1-5-6-10-13-19-16-21(19)18-22-17-20(22)14-11-8-7-9-12-15-23(2,3)4/h19-24H,5-18H2,1-4H3;18-23H,5-17H2,1-4H3;19-22H,5-18H2,1-4H3. The third-order valence-corrected chi connectivity index (χ3v) is 21.5. The van der Waals surface area contributed by atoms with Crippen LogP contribution in [0.4, 0.5) is 0 Å². The zero-order chi connectivity index (χ0) is 51.7. The van der Waals surface area contributed by atoms with Crippen LogP contribution in [0.3, 0.4) is 0 Å². The lowest BCUT2D eigenvalue weighted by molar-refractivity contribution is 0.355. The quantitative estimate of drug-likeness (QED) is 0.0541. The molecule has 0 aromatic carbocycles. The summed E-state index contributed by atoms with van der Waals surface area (Å²) in [5.74, 6) is 18.4. The van der Waals surface area contributed by atoms with Gasteiger partial charge in [0.05, 0.1) is 0 Å². The number of hydrogen-bond acceptors (Lipinski definition) is 0. The molecule has 0 nitrogen and oxygen atoms in total. The Bertz CT molecular complexity index is 1410. The Morgan fingerprint density at radius 1 is 0.222 bits per heavy atom. The first-order valence-corrected chi connectivity index (χ1v) is 34.4. The Labute approximate surface area is 455 Å². The maximum Gasteiger partial charge on any atom is -0.0380 e. The van der Waals surface area contributed by atoms with Gasteiger partial charge in [-0.2, -0.15) is 0 Å². The molecule has 0 bridgehead atoms. The molecular weight excluding hydrogens is 865 g/mol. The van der Waals surface area contributed by atoms with Crippen LogP contribution in [-0.4, -0.2) is 0 Å². The summed E-state index contributed by atoms with van der Waals surface area (Å²) in [4.78, 5) is 0. The minimum absolute atomic E-state index is 0.540. The number of hydrogen-bond donors (Lipinski definition) is 0. The Morgan fingerprint density at radius 3 is 0.667 bits per heavy atom. The molecule has 0 saturated heterocycles. The van der Waals surface area contributed by atoms with E-state index in [0.717, 1.165) is 94.7 Å². The first-order valence-electron chi connectivity index (χ1n) is 34.4. The van der Waals surface area contributed by atoms with Crippen molar-refractivity contribution in [1.29, 1.82) is 0 Å². The van der Waals surface area contributed by atoms with Crippen molar-refractivity contribution < 1.29 is 0 Å². The van der Waals surface area contributed by atoms with Gasteiger partial charge in [-0.3, -0.25) is 0 Å². The van der Waals surface area contributed by atoms with Crippen LogP contribution in [0, 0.1) is 111 Å². The molecule has 8 aliphatic rings. The van der Waals surface area contributed by atoms with E-state index in [-0.39, 0.29) is 0 Å². The van der Waals surface area contributed by atoms with Crippen LogP contribution in [0.15, 0.2) is 0 Å². The predicted octanol–water partition coefficient (Wildman–Crippen LogP) is 24.1. The first kappa shape index (κ1) is 61.2. The molecule has 72 heavy (non-hydrogen) atoms. The summed E-state index contributed by atoms with van der Waals surface area (Å²) in [5.41, 5.74) is 1.62. The molecule has 0 heterocycles. The normalized spacial score (nSPS) is 34.7. The van der Waals surface area contributed by atoms with Gasteiger partial charge in [0, 0.05) is 0 Å². The van der Waals surface area contributed by atoms with E-state index in [2.05, 4.69) is 83.1 Å². The molecule has 0 aromatic heterocycles. The van der Waals surface area contributed by atoms with E-state index in [4.69, 9.17) is 0 Å². The van der Waals surface area contributed by atoms with Gasteiger partial charge >= 0.3 is 0 Å². The van der Waals surface area contributed by atoms with Crippen LogP contribution >= 0.6 is 0 Å². The lowest BCUT2D eigenvalue weighted by Gasteiger charge is -2.17.